The summed E-state index contributed by atoms with van der Waals surface area (Å²) in [6, 6.07) is 28.5. The lowest BCUT2D eigenvalue weighted by Gasteiger charge is -2.05. The molecule has 0 aliphatic carbocycles. The van der Waals surface area contributed by atoms with E-state index in [1.165, 1.54) is 5.56 Å². The van der Waals surface area contributed by atoms with Crippen LogP contribution in [0.2, 0.25) is 0 Å². The molecule has 3 aromatic carbocycles. The molecule has 2 heteroatoms. The van der Waals surface area contributed by atoms with Crippen molar-refractivity contribution in [2.24, 2.45) is 5.16 Å². The van der Waals surface area contributed by atoms with E-state index >= 15 is 0 Å². The van der Waals surface area contributed by atoms with Crippen molar-refractivity contribution in [3.8, 4) is 11.1 Å². The lowest BCUT2D eigenvalue weighted by atomic mass is 10.0. The molecule has 3 aromatic rings. The fourth-order valence-electron chi connectivity index (χ4n) is 2.27. The standard InChI is InChI=1S/C20H17NO/c1-3-9-17(10-4-1)16-22-21-15-19-13-7-8-14-20(19)18-11-5-2-6-12-18/h1-15H,16H2/b21-15+. The maximum atomic E-state index is 5.38. The molecular formula is C20H17NO. The first-order valence-corrected chi connectivity index (χ1v) is 7.27. The van der Waals surface area contributed by atoms with Gasteiger partial charge in [-0.1, -0.05) is 90.1 Å². The van der Waals surface area contributed by atoms with Gasteiger partial charge in [0.2, 0.25) is 0 Å². The number of rotatable bonds is 5. The minimum Gasteiger partial charge on any atom is -0.391 e. The first-order valence-electron chi connectivity index (χ1n) is 7.27. The van der Waals surface area contributed by atoms with Gasteiger partial charge >= 0.3 is 0 Å². The highest BCUT2D eigenvalue weighted by molar-refractivity contribution is 5.90. The molecule has 108 valence electrons. The van der Waals surface area contributed by atoms with Crippen LogP contribution in [0.5, 0.6) is 0 Å². The molecule has 0 bridgehead atoms. The Morgan fingerprint density at radius 3 is 2.14 bits per heavy atom. The summed E-state index contributed by atoms with van der Waals surface area (Å²) in [6.07, 6.45) is 1.77. The van der Waals surface area contributed by atoms with Crippen molar-refractivity contribution >= 4 is 6.21 Å². The Bertz CT molecular complexity index is 736. The molecule has 0 saturated carbocycles. The van der Waals surface area contributed by atoms with E-state index in [1.54, 1.807) is 6.21 Å². The fourth-order valence-corrected chi connectivity index (χ4v) is 2.27. The SMILES string of the molecule is C(=N\OCc1ccccc1)/c1ccccc1-c1ccccc1. The molecule has 0 spiro atoms. The van der Waals surface area contributed by atoms with Gasteiger partial charge in [-0.05, 0) is 16.7 Å². The zero-order valence-corrected chi connectivity index (χ0v) is 12.2. The van der Waals surface area contributed by atoms with Gasteiger partial charge in [-0.2, -0.15) is 0 Å². The van der Waals surface area contributed by atoms with Crippen LogP contribution >= 0.6 is 0 Å². The zero-order valence-electron chi connectivity index (χ0n) is 12.2. The maximum absolute atomic E-state index is 5.38. The minimum absolute atomic E-state index is 0.477. The van der Waals surface area contributed by atoms with E-state index in [2.05, 4.69) is 23.4 Å². The third kappa shape index (κ3) is 3.61. The Morgan fingerprint density at radius 2 is 1.36 bits per heavy atom. The highest BCUT2D eigenvalue weighted by Gasteiger charge is 2.01. The molecule has 0 unspecified atom stereocenters. The highest BCUT2D eigenvalue weighted by Crippen LogP contribution is 2.22. The van der Waals surface area contributed by atoms with Gasteiger partial charge in [0, 0.05) is 5.56 Å². The summed E-state index contributed by atoms with van der Waals surface area (Å²) in [7, 11) is 0. The molecular weight excluding hydrogens is 270 g/mol. The summed E-state index contributed by atoms with van der Waals surface area (Å²) in [5.74, 6) is 0. The lowest BCUT2D eigenvalue weighted by molar-refractivity contribution is 0.132. The van der Waals surface area contributed by atoms with Crippen molar-refractivity contribution in [1.82, 2.24) is 0 Å². The van der Waals surface area contributed by atoms with E-state index in [0.29, 0.717) is 6.61 Å². The summed E-state index contributed by atoms with van der Waals surface area (Å²) >= 11 is 0. The molecule has 0 aliphatic heterocycles. The van der Waals surface area contributed by atoms with Crippen molar-refractivity contribution in [3.05, 3.63) is 96.1 Å². The van der Waals surface area contributed by atoms with Crippen LogP contribution in [0.15, 0.2) is 90.1 Å². The Hall–Kier alpha value is -2.87. The second-order valence-corrected chi connectivity index (χ2v) is 4.95. The summed E-state index contributed by atoms with van der Waals surface area (Å²) in [4.78, 5) is 5.38. The van der Waals surface area contributed by atoms with Crippen LogP contribution in [0.4, 0.5) is 0 Å². The van der Waals surface area contributed by atoms with Gasteiger partial charge < -0.3 is 4.84 Å². The highest BCUT2D eigenvalue weighted by atomic mass is 16.6. The summed E-state index contributed by atoms with van der Waals surface area (Å²) in [5.41, 5.74) is 4.47. The second kappa shape index (κ2) is 7.23. The molecule has 0 saturated heterocycles. The van der Waals surface area contributed by atoms with Crippen molar-refractivity contribution < 1.29 is 4.84 Å². The van der Waals surface area contributed by atoms with Crippen LogP contribution in [-0.4, -0.2) is 6.21 Å². The number of hydrogen-bond acceptors (Lipinski definition) is 2. The molecule has 0 N–H and O–H groups in total. The van der Waals surface area contributed by atoms with Gasteiger partial charge in [0.25, 0.3) is 0 Å². The zero-order chi connectivity index (χ0) is 15.0. The predicted molar refractivity (Wildman–Crippen MR) is 90.7 cm³/mol. The van der Waals surface area contributed by atoms with Crippen LogP contribution < -0.4 is 0 Å². The number of benzene rings is 3. The smallest absolute Gasteiger partial charge is 0.142 e. The summed E-state index contributed by atoms with van der Waals surface area (Å²) < 4.78 is 0. The van der Waals surface area contributed by atoms with Gasteiger partial charge in [0.05, 0.1) is 6.21 Å². The number of nitrogens with zero attached hydrogens (tertiary/aromatic N) is 1. The number of oxime groups is 1. The third-order valence-corrected chi connectivity index (χ3v) is 3.39. The average Bonchev–Trinajstić information content (AvgIpc) is 2.61. The summed E-state index contributed by atoms with van der Waals surface area (Å²) in [5, 5.41) is 4.10. The molecule has 0 aliphatic rings. The molecule has 22 heavy (non-hydrogen) atoms. The molecule has 0 aromatic heterocycles. The van der Waals surface area contributed by atoms with Crippen LogP contribution in [0.3, 0.4) is 0 Å². The Kier molecular flexibility index (Phi) is 4.63. The van der Waals surface area contributed by atoms with E-state index in [4.69, 9.17) is 4.84 Å². The predicted octanol–water partition coefficient (Wildman–Crippen LogP) is 4.90. The maximum Gasteiger partial charge on any atom is 0.142 e. The van der Waals surface area contributed by atoms with Crippen molar-refractivity contribution in [1.29, 1.82) is 0 Å². The van der Waals surface area contributed by atoms with E-state index in [1.807, 2.05) is 66.7 Å². The van der Waals surface area contributed by atoms with Gasteiger partial charge in [0.1, 0.15) is 6.61 Å². The van der Waals surface area contributed by atoms with E-state index in [-0.39, 0.29) is 0 Å². The van der Waals surface area contributed by atoms with Crippen molar-refractivity contribution in [2.45, 2.75) is 6.61 Å². The summed E-state index contributed by atoms with van der Waals surface area (Å²) in [6.45, 7) is 0.477. The molecule has 0 amide bonds. The van der Waals surface area contributed by atoms with Gasteiger partial charge in [-0.3, -0.25) is 0 Å². The first-order chi connectivity index (χ1) is 10.9. The Morgan fingerprint density at radius 1 is 0.727 bits per heavy atom. The lowest BCUT2D eigenvalue weighted by Crippen LogP contribution is -1.90. The Balaban J connectivity index is 1.71. The van der Waals surface area contributed by atoms with Crippen molar-refractivity contribution in [3.63, 3.8) is 0 Å². The Labute approximate surface area is 130 Å². The molecule has 0 fully saturated rings. The molecule has 0 heterocycles. The molecule has 0 atom stereocenters. The third-order valence-electron chi connectivity index (χ3n) is 3.39. The second-order valence-electron chi connectivity index (χ2n) is 4.95. The first kappa shape index (κ1) is 14.1. The van der Waals surface area contributed by atoms with Crippen LogP contribution in [0.25, 0.3) is 11.1 Å². The average molecular weight is 287 g/mol. The van der Waals surface area contributed by atoms with Crippen LogP contribution in [0, 0.1) is 0 Å². The quantitative estimate of drug-likeness (QED) is 0.483. The van der Waals surface area contributed by atoms with Gasteiger partial charge in [-0.25, -0.2) is 0 Å². The molecule has 3 rings (SSSR count). The minimum atomic E-state index is 0.477. The normalized spacial score (nSPS) is 10.7. The molecule has 2 nitrogen and oxygen atoms in total. The van der Waals surface area contributed by atoms with E-state index < -0.39 is 0 Å². The molecule has 0 radical (unpaired) electrons. The van der Waals surface area contributed by atoms with Gasteiger partial charge in [0.15, 0.2) is 0 Å². The monoisotopic (exact) mass is 287 g/mol. The largest absolute Gasteiger partial charge is 0.391 e. The van der Waals surface area contributed by atoms with E-state index in [0.717, 1.165) is 16.7 Å². The number of hydrogen-bond donors (Lipinski definition) is 0. The van der Waals surface area contributed by atoms with Crippen LogP contribution in [0.1, 0.15) is 11.1 Å². The topological polar surface area (TPSA) is 21.6 Å². The fraction of sp³-hybridized carbons (Fsp3) is 0.0500. The van der Waals surface area contributed by atoms with E-state index in [9.17, 15) is 0 Å². The van der Waals surface area contributed by atoms with Crippen molar-refractivity contribution in [2.75, 3.05) is 0 Å². The van der Waals surface area contributed by atoms with Crippen LogP contribution in [-0.2, 0) is 11.4 Å². The van der Waals surface area contributed by atoms with Gasteiger partial charge in [-0.15, -0.1) is 0 Å².